The van der Waals surface area contributed by atoms with Gasteiger partial charge in [0.25, 0.3) is 5.91 Å². The van der Waals surface area contributed by atoms with Crippen molar-refractivity contribution in [2.45, 2.75) is 20.0 Å². The van der Waals surface area contributed by atoms with Gasteiger partial charge in [-0.15, -0.1) is 0 Å². The van der Waals surface area contributed by atoms with Gasteiger partial charge in [0.2, 0.25) is 0 Å². The quantitative estimate of drug-likeness (QED) is 0.866. The molecule has 0 saturated carbocycles. The second-order valence-corrected chi connectivity index (χ2v) is 6.17. The Kier molecular flexibility index (Phi) is 5.04. The summed E-state index contributed by atoms with van der Waals surface area (Å²) in [7, 11) is 0. The number of nitrogens with zero attached hydrogens (tertiary/aromatic N) is 2. The summed E-state index contributed by atoms with van der Waals surface area (Å²) in [6.45, 7) is 6.99. The van der Waals surface area contributed by atoms with Crippen LogP contribution >= 0.6 is 0 Å². The van der Waals surface area contributed by atoms with Crippen molar-refractivity contribution in [3.8, 4) is 5.75 Å². The number of benzene rings is 2. The van der Waals surface area contributed by atoms with E-state index in [1.165, 1.54) is 5.69 Å². The molecule has 1 saturated heterocycles. The summed E-state index contributed by atoms with van der Waals surface area (Å²) in [5.74, 6) is 0.840. The SMILES string of the molecule is Cc1ccccc1O[C@H](C)C(=O)N1CCN(c2ccccc2)CC1. The lowest BCUT2D eigenvalue weighted by Crippen LogP contribution is -2.52. The van der Waals surface area contributed by atoms with Crippen LogP contribution in [-0.2, 0) is 4.79 Å². The zero-order valence-corrected chi connectivity index (χ0v) is 14.3. The molecule has 2 aromatic rings. The van der Waals surface area contributed by atoms with Crippen molar-refractivity contribution in [3.05, 3.63) is 60.2 Å². The molecule has 1 atom stereocenters. The molecule has 126 valence electrons. The Morgan fingerprint density at radius 2 is 1.58 bits per heavy atom. The third-order valence-corrected chi connectivity index (χ3v) is 4.46. The van der Waals surface area contributed by atoms with Gasteiger partial charge < -0.3 is 14.5 Å². The van der Waals surface area contributed by atoms with Crippen LogP contribution in [0.2, 0.25) is 0 Å². The maximum atomic E-state index is 12.6. The molecule has 0 bridgehead atoms. The fraction of sp³-hybridized carbons (Fsp3) is 0.350. The van der Waals surface area contributed by atoms with Crippen LogP contribution in [0.25, 0.3) is 0 Å². The van der Waals surface area contributed by atoms with Gasteiger partial charge in [-0.05, 0) is 37.6 Å². The van der Waals surface area contributed by atoms with E-state index in [-0.39, 0.29) is 5.91 Å². The van der Waals surface area contributed by atoms with E-state index in [0.29, 0.717) is 0 Å². The lowest BCUT2D eigenvalue weighted by molar-refractivity contribution is -0.138. The second-order valence-electron chi connectivity index (χ2n) is 6.17. The first-order valence-corrected chi connectivity index (χ1v) is 8.46. The van der Waals surface area contributed by atoms with Crippen molar-refractivity contribution >= 4 is 11.6 Å². The van der Waals surface area contributed by atoms with Crippen molar-refractivity contribution in [1.29, 1.82) is 0 Å². The Morgan fingerprint density at radius 1 is 0.958 bits per heavy atom. The number of amides is 1. The molecule has 1 fully saturated rings. The molecule has 0 unspecified atom stereocenters. The molecule has 0 radical (unpaired) electrons. The van der Waals surface area contributed by atoms with Crippen LogP contribution in [0.5, 0.6) is 5.75 Å². The number of rotatable bonds is 4. The van der Waals surface area contributed by atoms with Crippen LogP contribution in [0.4, 0.5) is 5.69 Å². The maximum absolute atomic E-state index is 12.6. The number of hydrogen-bond donors (Lipinski definition) is 0. The minimum atomic E-state index is -0.464. The van der Waals surface area contributed by atoms with Crippen LogP contribution in [0.3, 0.4) is 0 Å². The number of hydrogen-bond acceptors (Lipinski definition) is 3. The van der Waals surface area contributed by atoms with E-state index in [2.05, 4.69) is 17.0 Å². The number of ether oxygens (including phenoxy) is 1. The van der Waals surface area contributed by atoms with Crippen molar-refractivity contribution in [2.75, 3.05) is 31.1 Å². The normalized spacial score (nSPS) is 15.9. The average Bonchev–Trinajstić information content (AvgIpc) is 2.64. The van der Waals surface area contributed by atoms with E-state index in [0.717, 1.165) is 37.5 Å². The highest BCUT2D eigenvalue weighted by Gasteiger charge is 2.26. The summed E-state index contributed by atoms with van der Waals surface area (Å²) in [6.07, 6.45) is -0.464. The monoisotopic (exact) mass is 324 g/mol. The first-order valence-electron chi connectivity index (χ1n) is 8.46. The Bertz CT molecular complexity index is 679. The number of para-hydroxylation sites is 2. The van der Waals surface area contributed by atoms with Crippen LogP contribution in [-0.4, -0.2) is 43.1 Å². The lowest BCUT2D eigenvalue weighted by Gasteiger charge is -2.37. The highest BCUT2D eigenvalue weighted by atomic mass is 16.5. The molecular formula is C20H24N2O2. The number of carbonyl (C=O) groups excluding carboxylic acids is 1. The largest absolute Gasteiger partial charge is 0.481 e. The maximum Gasteiger partial charge on any atom is 0.263 e. The molecule has 0 spiro atoms. The number of anilines is 1. The van der Waals surface area contributed by atoms with E-state index in [4.69, 9.17) is 4.74 Å². The summed E-state index contributed by atoms with van der Waals surface area (Å²) in [4.78, 5) is 16.9. The zero-order chi connectivity index (χ0) is 16.9. The van der Waals surface area contributed by atoms with Crippen molar-refractivity contribution < 1.29 is 9.53 Å². The summed E-state index contributed by atoms with van der Waals surface area (Å²) < 4.78 is 5.87. The van der Waals surface area contributed by atoms with Gasteiger partial charge in [-0.1, -0.05) is 36.4 Å². The van der Waals surface area contributed by atoms with Gasteiger partial charge in [0.15, 0.2) is 6.10 Å². The Hall–Kier alpha value is -2.49. The van der Waals surface area contributed by atoms with E-state index in [1.807, 2.05) is 61.2 Å². The topological polar surface area (TPSA) is 32.8 Å². The molecule has 1 aliphatic heterocycles. The molecule has 3 rings (SSSR count). The van der Waals surface area contributed by atoms with Crippen molar-refractivity contribution in [3.63, 3.8) is 0 Å². The number of aryl methyl sites for hydroxylation is 1. The number of carbonyl (C=O) groups is 1. The first kappa shape index (κ1) is 16.4. The van der Waals surface area contributed by atoms with Gasteiger partial charge in [-0.2, -0.15) is 0 Å². The van der Waals surface area contributed by atoms with Gasteiger partial charge in [0.05, 0.1) is 0 Å². The van der Waals surface area contributed by atoms with Gasteiger partial charge in [0, 0.05) is 31.9 Å². The zero-order valence-electron chi connectivity index (χ0n) is 14.3. The molecule has 0 aliphatic carbocycles. The van der Waals surface area contributed by atoms with Gasteiger partial charge in [-0.25, -0.2) is 0 Å². The lowest BCUT2D eigenvalue weighted by atomic mass is 10.2. The third kappa shape index (κ3) is 3.70. The van der Waals surface area contributed by atoms with Gasteiger partial charge >= 0.3 is 0 Å². The van der Waals surface area contributed by atoms with Crippen LogP contribution < -0.4 is 9.64 Å². The first-order chi connectivity index (χ1) is 11.6. The van der Waals surface area contributed by atoms with Crippen LogP contribution in [0, 0.1) is 6.92 Å². The van der Waals surface area contributed by atoms with Gasteiger partial charge in [0.1, 0.15) is 5.75 Å². The molecular weight excluding hydrogens is 300 g/mol. The van der Waals surface area contributed by atoms with E-state index >= 15 is 0 Å². The highest BCUT2D eigenvalue weighted by Crippen LogP contribution is 2.20. The number of piperazine rings is 1. The summed E-state index contributed by atoms with van der Waals surface area (Å²) in [6, 6.07) is 18.1. The summed E-state index contributed by atoms with van der Waals surface area (Å²) in [5.41, 5.74) is 2.26. The van der Waals surface area contributed by atoms with Crippen LogP contribution in [0.1, 0.15) is 12.5 Å². The molecule has 2 aromatic carbocycles. The minimum absolute atomic E-state index is 0.0611. The second kappa shape index (κ2) is 7.39. The summed E-state index contributed by atoms with van der Waals surface area (Å²) in [5, 5.41) is 0. The fourth-order valence-corrected chi connectivity index (χ4v) is 3.01. The Balaban J connectivity index is 1.56. The molecule has 0 N–H and O–H groups in total. The van der Waals surface area contributed by atoms with Gasteiger partial charge in [-0.3, -0.25) is 4.79 Å². The molecule has 1 amide bonds. The standard InChI is InChI=1S/C20H24N2O2/c1-16-8-6-7-11-19(16)24-17(2)20(23)22-14-12-21(13-15-22)18-9-4-3-5-10-18/h3-11,17H,12-15H2,1-2H3/t17-/m1/s1. The predicted octanol–water partition coefficient (Wildman–Crippen LogP) is 3.11. The Morgan fingerprint density at radius 3 is 2.25 bits per heavy atom. The van der Waals surface area contributed by atoms with Crippen LogP contribution in [0.15, 0.2) is 54.6 Å². The molecule has 1 aliphatic rings. The smallest absolute Gasteiger partial charge is 0.263 e. The average molecular weight is 324 g/mol. The van der Waals surface area contributed by atoms with Crippen molar-refractivity contribution in [1.82, 2.24) is 4.90 Å². The third-order valence-electron chi connectivity index (χ3n) is 4.46. The molecule has 1 heterocycles. The highest BCUT2D eigenvalue weighted by molar-refractivity contribution is 5.81. The summed E-state index contributed by atoms with van der Waals surface area (Å²) >= 11 is 0. The minimum Gasteiger partial charge on any atom is -0.481 e. The van der Waals surface area contributed by atoms with Crippen molar-refractivity contribution in [2.24, 2.45) is 0 Å². The van der Waals surface area contributed by atoms with E-state index < -0.39 is 6.10 Å². The van der Waals surface area contributed by atoms with E-state index in [9.17, 15) is 4.79 Å². The molecule has 24 heavy (non-hydrogen) atoms. The Labute approximate surface area is 143 Å². The predicted molar refractivity (Wildman–Crippen MR) is 96.5 cm³/mol. The molecule has 0 aromatic heterocycles. The van der Waals surface area contributed by atoms with E-state index in [1.54, 1.807) is 0 Å². The molecule has 4 nitrogen and oxygen atoms in total. The fourth-order valence-electron chi connectivity index (χ4n) is 3.01. The molecule has 4 heteroatoms.